The number of anilines is 2. The second kappa shape index (κ2) is 11.2. The maximum Gasteiger partial charge on any atom is 0.387 e. The zero-order chi connectivity index (χ0) is 26.1. The molecule has 2 aliphatic heterocycles. The topological polar surface area (TPSA) is 74.0 Å². The molecule has 5 rings (SSSR count). The number of β-amino-alcohol motifs (C(OH)–C–C–N with tert-alkyl or cyclic N) is 1. The third-order valence-corrected chi connectivity index (χ3v) is 7.88. The predicted molar refractivity (Wildman–Crippen MR) is 141 cm³/mol. The number of aromatic nitrogens is 1. The summed E-state index contributed by atoms with van der Waals surface area (Å²) in [4.78, 5) is 9.04. The third-order valence-electron chi connectivity index (χ3n) is 7.32. The van der Waals surface area contributed by atoms with Gasteiger partial charge in [0.25, 0.3) is 6.01 Å². The fourth-order valence-electron chi connectivity index (χ4n) is 5.36. The van der Waals surface area contributed by atoms with Gasteiger partial charge in [-0.3, -0.25) is 0 Å². The molecule has 3 aromatic rings. The molecule has 0 spiro atoms. The molecule has 7 nitrogen and oxygen atoms in total. The number of halogens is 4. The number of rotatable bonds is 9. The zero-order valence-electron chi connectivity index (χ0n) is 20.5. The number of fused-ring (bicyclic) bond motifs is 1. The molecule has 2 saturated heterocycles. The highest BCUT2D eigenvalue weighted by atomic mass is 35.5. The highest BCUT2D eigenvalue weighted by Crippen LogP contribution is 2.41. The third kappa shape index (κ3) is 5.74. The van der Waals surface area contributed by atoms with Crippen molar-refractivity contribution in [3.05, 3.63) is 45.9 Å². The second-order valence-electron chi connectivity index (χ2n) is 9.79. The van der Waals surface area contributed by atoms with Crippen LogP contribution in [0.3, 0.4) is 0 Å². The Labute approximate surface area is 224 Å². The number of nitrogens with one attached hydrogen (secondary N) is 1. The lowest BCUT2D eigenvalue weighted by Gasteiger charge is -2.45. The molecule has 37 heavy (non-hydrogen) atoms. The van der Waals surface area contributed by atoms with E-state index in [1.807, 2.05) is 6.92 Å². The number of piperidine rings is 1. The van der Waals surface area contributed by atoms with Crippen LogP contribution in [-0.4, -0.2) is 60.9 Å². The van der Waals surface area contributed by atoms with E-state index in [2.05, 4.69) is 20.1 Å². The highest BCUT2D eigenvalue weighted by Gasteiger charge is 2.38. The Hall–Kier alpha value is -2.33. The monoisotopic (exact) mass is 554 g/mol. The molecule has 2 atom stereocenters. The van der Waals surface area contributed by atoms with Crippen molar-refractivity contribution in [1.82, 2.24) is 9.88 Å². The summed E-state index contributed by atoms with van der Waals surface area (Å²) in [6.07, 6.45) is 2.32. The first kappa shape index (κ1) is 26.3. The molecule has 11 heteroatoms. The van der Waals surface area contributed by atoms with Crippen molar-refractivity contribution in [3.8, 4) is 5.75 Å². The van der Waals surface area contributed by atoms with Crippen LogP contribution in [-0.2, 0) is 0 Å². The first-order chi connectivity index (χ1) is 17.8. The number of oxazole rings is 1. The molecule has 0 bridgehead atoms. The molecule has 2 aliphatic rings. The number of aliphatic hydroxyl groups is 1. The van der Waals surface area contributed by atoms with Crippen LogP contribution in [0, 0.1) is 11.8 Å². The molecule has 2 N–H and O–H groups in total. The summed E-state index contributed by atoms with van der Waals surface area (Å²) in [7, 11) is 0. The number of benzene rings is 2. The molecule has 3 heterocycles. The maximum absolute atomic E-state index is 13.2. The van der Waals surface area contributed by atoms with Gasteiger partial charge in [0.2, 0.25) is 0 Å². The smallest absolute Gasteiger partial charge is 0.387 e. The van der Waals surface area contributed by atoms with Gasteiger partial charge in [-0.25, -0.2) is 0 Å². The average molecular weight is 555 g/mol. The Bertz CT molecular complexity index is 1240. The summed E-state index contributed by atoms with van der Waals surface area (Å²) < 4.78 is 37.3. The Balaban J connectivity index is 1.36. The number of alkyl halides is 2. The van der Waals surface area contributed by atoms with E-state index in [1.165, 1.54) is 12.5 Å². The molecule has 1 aromatic heterocycles. The Morgan fingerprint density at radius 2 is 2.00 bits per heavy atom. The molecule has 0 amide bonds. The first-order valence-corrected chi connectivity index (χ1v) is 13.3. The number of likely N-dealkylation sites (tertiary alicyclic amines) is 1. The summed E-state index contributed by atoms with van der Waals surface area (Å²) >= 11 is 12.4. The average Bonchev–Trinajstić information content (AvgIpc) is 3.24. The Morgan fingerprint density at radius 1 is 1.19 bits per heavy atom. The zero-order valence-corrected chi connectivity index (χ0v) is 22.0. The van der Waals surface area contributed by atoms with E-state index in [-0.39, 0.29) is 18.4 Å². The van der Waals surface area contributed by atoms with Crippen molar-refractivity contribution in [2.75, 3.05) is 49.5 Å². The van der Waals surface area contributed by atoms with Gasteiger partial charge in [-0.1, -0.05) is 29.3 Å². The normalized spacial score (nSPS) is 19.9. The summed E-state index contributed by atoms with van der Waals surface area (Å²) in [5.74, 6) is 1.07. The van der Waals surface area contributed by atoms with E-state index in [9.17, 15) is 13.9 Å². The molecule has 0 radical (unpaired) electrons. The van der Waals surface area contributed by atoms with Crippen LogP contribution < -0.4 is 15.0 Å². The molecule has 0 saturated carbocycles. The lowest BCUT2D eigenvalue weighted by Crippen LogP contribution is -2.53. The van der Waals surface area contributed by atoms with Crippen LogP contribution in [0.15, 0.2) is 34.7 Å². The Kier molecular flexibility index (Phi) is 7.95. The summed E-state index contributed by atoms with van der Waals surface area (Å²) in [6.45, 7) is 3.46. The fraction of sp³-hybridized carbons (Fsp3) is 0.500. The van der Waals surface area contributed by atoms with Crippen LogP contribution in [0.2, 0.25) is 10.0 Å². The van der Waals surface area contributed by atoms with E-state index >= 15 is 0 Å². The van der Waals surface area contributed by atoms with Crippen molar-refractivity contribution in [2.45, 2.75) is 32.4 Å². The van der Waals surface area contributed by atoms with Gasteiger partial charge in [0.05, 0.1) is 12.6 Å². The largest absolute Gasteiger partial charge is 0.432 e. The number of nitrogens with zero attached hydrogens (tertiary/aromatic N) is 3. The minimum absolute atomic E-state index is 0.0326. The van der Waals surface area contributed by atoms with Crippen LogP contribution >= 0.6 is 23.2 Å². The number of aliphatic hydroxyl groups excluding tert-OH is 1. The second-order valence-corrected chi connectivity index (χ2v) is 10.6. The lowest BCUT2D eigenvalue weighted by molar-refractivity contribution is -0.0493. The minimum Gasteiger partial charge on any atom is -0.432 e. The highest BCUT2D eigenvalue weighted by molar-refractivity contribution is 6.35. The van der Waals surface area contributed by atoms with E-state index < -0.39 is 6.61 Å². The van der Waals surface area contributed by atoms with Gasteiger partial charge in [0, 0.05) is 36.2 Å². The van der Waals surface area contributed by atoms with Crippen molar-refractivity contribution < 1.29 is 23.0 Å². The molecular weight excluding hydrogens is 525 g/mol. The van der Waals surface area contributed by atoms with Crippen LogP contribution in [0.5, 0.6) is 5.75 Å². The molecule has 0 unspecified atom stereocenters. The lowest BCUT2D eigenvalue weighted by atomic mass is 9.81. The predicted octanol–water partition coefficient (Wildman–Crippen LogP) is 6.05. The van der Waals surface area contributed by atoms with Gasteiger partial charge in [0.15, 0.2) is 11.3 Å². The summed E-state index contributed by atoms with van der Waals surface area (Å²) in [5.41, 5.74) is 1.93. The summed E-state index contributed by atoms with van der Waals surface area (Å²) in [6, 6.07) is 8.34. The standard InChI is InChI=1S/C26H30Cl2F2N4O3/c1-15(19-5-4-18(27)11-20(19)28)31-23-22(36-25(29)30)7-6-21-24(23)37-26(32-21)34-13-17(14-34)16-3-2-8-33(12-16)9-10-35/h4-7,11,15-17,25,31,35H,2-3,8-10,12-14H2,1H3/t15-,16+/m1/s1. The van der Waals surface area contributed by atoms with Gasteiger partial charge in [-0.05, 0) is 68.0 Å². The number of ether oxygens (including phenoxy) is 1. The molecule has 2 aromatic carbocycles. The Morgan fingerprint density at radius 3 is 2.73 bits per heavy atom. The van der Waals surface area contributed by atoms with Gasteiger partial charge in [0.1, 0.15) is 11.2 Å². The van der Waals surface area contributed by atoms with Gasteiger partial charge in [-0.2, -0.15) is 13.8 Å². The van der Waals surface area contributed by atoms with E-state index in [1.54, 1.807) is 24.3 Å². The van der Waals surface area contributed by atoms with Crippen molar-refractivity contribution >= 4 is 46.0 Å². The van der Waals surface area contributed by atoms with Crippen LogP contribution in [0.1, 0.15) is 31.4 Å². The van der Waals surface area contributed by atoms with Gasteiger partial charge in [-0.15, -0.1) is 0 Å². The first-order valence-electron chi connectivity index (χ1n) is 12.5. The molecule has 0 aliphatic carbocycles. The van der Waals surface area contributed by atoms with Crippen LogP contribution in [0.25, 0.3) is 11.1 Å². The van der Waals surface area contributed by atoms with Gasteiger partial charge < -0.3 is 29.4 Å². The van der Waals surface area contributed by atoms with Crippen LogP contribution in [0.4, 0.5) is 20.5 Å². The van der Waals surface area contributed by atoms with E-state index in [0.29, 0.717) is 44.7 Å². The fourth-order valence-corrected chi connectivity index (χ4v) is 5.93. The van der Waals surface area contributed by atoms with Crippen molar-refractivity contribution in [2.24, 2.45) is 11.8 Å². The minimum atomic E-state index is -2.99. The van der Waals surface area contributed by atoms with E-state index in [0.717, 1.165) is 44.7 Å². The van der Waals surface area contributed by atoms with E-state index in [4.69, 9.17) is 32.4 Å². The molecular formula is C26H30Cl2F2N4O3. The molecule has 200 valence electrons. The number of hydrogen-bond acceptors (Lipinski definition) is 7. The SMILES string of the molecule is C[C@@H](Nc1c(OC(F)F)ccc2nc(N3CC([C@H]4CCCN(CCO)C4)C3)oc12)c1ccc(Cl)cc1Cl. The van der Waals surface area contributed by atoms with Crippen molar-refractivity contribution in [3.63, 3.8) is 0 Å². The quantitative estimate of drug-likeness (QED) is 0.333. The number of hydrogen-bond donors (Lipinski definition) is 2. The summed E-state index contributed by atoms with van der Waals surface area (Å²) in [5, 5.41) is 13.5. The van der Waals surface area contributed by atoms with Gasteiger partial charge >= 0.3 is 6.61 Å². The molecule has 2 fully saturated rings. The van der Waals surface area contributed by atoms with Crippen molar-refractivity contribution in [1.29, 1.82) is 0 Å². The maximum atomic E-state index is 13.2.